The fourth-order valence-corrected chi connectivity index (χ4v) is 1.56. The molecule has 0 aromatic rings. The lowest BCUT2D eigenvalue weighted by Gasteiger charge is -2.03. The Kier molecular flexibility index (Phi) is 0.858. The van der Waals surface area contributed by atoms with E-state index in [1.165, 1.54) is 6.54 Å². The Labute approximate surface area is 53.8 Å². The molecule has 3 atom stereocenters. The third kappa shape index (κ3) is 0.721. The second kappa shape index (κ2) is 1.48. The van der Waals surface area contributed by atoms with E-state index in [0.29, 0.717) is 6.04 Å². The molecular weight excluding hydrogens is 116 g/mol. The molecule has 2 heterocycles. The lowest BCUT2D eigenvalue weighted by atomic mass is 10.1. The third-order valence-corrected chi connectivity index (χ3v) is 2.24. The third-order valence-electron chi connectivity index (χ3n) is 2.24. The Morgan fingerprint density at radius 3 is 2.67 bits per heavy atom. The Morgan fingerprint density at radius 2 is 2.33 bits per heavy atom. The fourth-order valence-electron chi connectivity index (χ4n) is 1.56. The van der Waals surface area contributed by atoms with E-state index in [9.17, 15) is 4.79 Å². The molecule has 0 aromatic carbocycles. The largest absolute Gasteiger partial charge is 0.369 e. The van der Waals surface area contributed by atoms with Crippen molar-refractivity contribution in [2.24, 2.45) is 11.7 Å². The average molecular weight is 126 g/mol. The molecular formula is C6H10N2O. The van der Waals surface area contributed by atoms with Crippen LogP contribution in [-0.2, 0) is 4.79 Å². The van der Waals surface area contributed by atoms with Gasteiger partial charge in [-0.05, 0) is 6.42 Å². The monoisotopic (exact) mass is 126 g/mol. The number of primary amides is 1. The van der Waals surface area contributed by atoms with Crippen molar-refractivity contribution in [1.82, 2.24) is 4.90 Å². The van der Waals surface area contributed by atoms with Crippen LogP contribution in [0.2, 0.25) is 0 Å². The van der Waals surface area contributed by atoms with Crippen LogP contribution in [0.3, 0.4) is 0 Å². The molecule has 0 aromatic heterocycles. The van der Waals surface area contributed by atoms with E-state index in [1.807, 2.05) is 0 Å². The van der Waals surface area contributed by atoms with E-state index in [0.717, 1.165) is 13.0 Å². The number of amides is 1. The molecule has 2 aliphatic heterocycles. The van der Waals surface area contributed by atoms with Crippen LogP contribution >= 0.6 is 0 Å². The Balaban J connectivity index is 1.97. The number of carbonyl (C=O) groups is 1. The van der Waals surface area contributed by atoms with E-state index in [-0.39, 0.29) is 11.8 Å². The van der Waals surface area contributed by atoms with Crippen LogP contribution < -0.4 is 5.73 Å². The highest BCUT2D eigenvalue weighted by Gasteiger charge is 2.45. The summed E-state index contributed by atoms with van der Waals surface area (Å²) in [6, 6.07) is 0.711. The molecule has 1 amide bonds. The lowest BCUT2D eigenvalue weighted by Crippen LogP contribution is -2.25. The number of piperidine rings is 1. The Bertz CT molecular complexity index is 147. The van der Waals surface area contributed by atoms with Gasteiger partial charge in [-0.25, -0.2) is 0 Å². The summed E-state index contributed by atoms with van der Waals surface area (Å²) in [5.74, 6) is 0.0333. The maximum atomic E-state index is 10.6. The highest BCUT2D eigenvalue weighted by molar-refractivity contribution is 5.77. The first kappa shape index (κ1) is 5.23. The number of rotatable bonds is 1. The predicted molar refractivity (Wildman–Crippen MR) is 32.7 cm³/mol. The van der Waals surface area contributed by atoms with Crippen LogP contribution in [0, 0.1) is 5.92 Å². The lowest BCUT2D eigenvalue weighted by molar-refractivity contribution is -0.121. The number of fused-ring (bicyclic) bond motifs is 1. The van der Waals surface area contributed by atoms with E-state index in [2.05, 4.69) is 4.90 Å². The zero-order chi connectivity index (χ0) is 6.43. The number of hydrogen-bond donors (Lipinski definition) is 1. The number of nitrogens with two attached hydrogens (primary N) is 1. The van der Waals surface area contributed by atoms with Gasteiger partial charge in [0.05, 0.1) is 5.92 Å². The maximum Gasteiger partial charge on any atom is 0.221 e. The van der Waals surface area contributed by atoms with Gasteiger partial charge in [-0.2, -0.15) is 0 Å². The van der Waals surface area contributed by atoms with Gasteiger partial charge in [0.1, 0.15) is 0 Å². The highest BCUT2D eigenvalue weighted by atomic mass is 16.1. The zero-order valence-corrected chi connectivity index (χ0v) is 5.21. The van der Waals surface area contributed by atoms with Gasteiger partial charge in [-0.15, -0.1) is 0 Å². The summed E-state index contributed by atoms with van der Waals surface area (Å²) in [6.45, 7) is 2.11. The maximum absolute atomic E-state index is 10.6. The summed E-state index contributed by atoms with van der Waals surface area (Å²) in [5, 5.41) is 0. The molecule has 2 saturated heterocycles. The van der Waals surface area contributed by atoms with E-state index >= 15 is 0 Å². The first-order valence-corrected chi connectivity index (χ1v) is 3.31. The van der Waals surface area contributed by atoms with Crippen molar-refractivity contribution in [3.05, 3.63) is 0 Å². The van der Waals surface area contributed by atoms with E-state index in [4.69, 9.17) is 5.73 Å². The first-order chi connectivity index (χ1) is 4.27. The molecule has 50 valence electrons. The van der Waals surface area contributed by atoms with E-state index < -0.39 is 0 Å². The summed E-state index contributed by atoms with van der Waals surface area (Å²) in [4.78, 5) is 12.9. The second-order valence-corrected chi connectivity index (χ2v) is 2.94. The SMILES string of the molecule is NC(=O)C1CC2CN2C1. The van der Waals surface area contributed by atoms with Crippen molar-refractivity contribution < 1.29 is 4.79 Å². The van der Waals surface area contributed by atoms with Gasteiger partial charge >= 0.3 is 0 Å². The van der Waals surface area contributed by atoms with Gasteiger partial charge in [0.2, 0.25) is 5.91 Å². The minimum absolute atomic E-state index is 0.123. The normalized spacial score (nSPS) is 46.4. The van der Waals surface area contributed by atoms with Gasteiger partial charge in [-0.3, -0.25) is 9.69 Å². The zero-order valence-electron chi connectivity index (χ0n) is 5.21. The quantitative estimate of drug-likeness (QED) is 0.466. The van der Waals surface area contributed by atoms with Crippen LogP contribution in [0.25, 0.3) is 0 Å². The standard InChI is InChI=1S/C6H10N2O/c7-6(9)4-1-5-3-8(5)2-4/h4-5H,1-3H2,(H2,7,9). The van der Waals surface area contributed by atoms with Crippen molar-refractivity contribution in [2.45, 2.75) is 12.5 Å². The summed E-state index contributed by atoms with van der Waals surface area (Å²) < 4.78 is 0. The molecule has 0 saturated carbocycles. The van der Waals surface area contributed by atoms with E-state index in [1.54, 1.807) is 0 Å². The van der Waals surface area contributed by atoms with Crippen LogP contribution in [0.1, 0.15) is 6.42 Å². The molecule has 0 aliphatic carbocycles. The van der Waals surface area contributed by atoms with Crippen molar-refractivity contribution >= 4 is 5.91 Å². The molecule has 0 radical (unpaired) electrons. The fraction of sp³-hybridized carbons (Fsp3) is 0.833. The average Bonchev–Trinajstić information content (AvgIpc) is 2.40. The molecule has 3 nitrogen and oxygen atoms in total. The van der Waals surface area contributed by atoms with Crippen LogP contribution in [0.5, 0.6) is 0 Å². The van der Waals surface area contributed by atoms with Crippen LogP contribution in [0.4, 0.5) is 0 Å². The molecule has 2 fully saturated rings. The summed E-state index contributed by atoms with van der Waals surface area (Å²) in [5.41, 5.74) is 5.11. The van der Waals surface area contributed by atoms with Crippen molar-refractivity contribution in [1.29, 1.82) is 0 Å². The van der Waals surface area contributed by atoms with Crippen molar-refractivity contribution in [2.75, 3.05) is 13.1 Å². The number of carbonyl (C=O) groups excluding carboxylic acids is 1. The molecule has 3 unspecified atom stereocenters. The smallest absolute Gasteiger partial charge is 0.221 e. The molecule has 2 aliphatic rings. The molecule has 9 heavy (non-hydrogen) atoms. The molecule has 0 spiro atoms. The van der Waals surface area contributed by atoms with Crippen LogP contribution in [0.15, 0.2) is 0 Å². The van der Waals surface area contributed by atoms with Crippen molar-refractivity contribution in [3.63, 3.8) is 0 Å². The summed E-state index contributed by atoms with van der Waals surface area (Å²) >= 11 is 0. The Hall–Kier alpha value is -0.570. The van der Waals surface area contributed by atoms with Crippen molar-refractivity contribution in [3.8, 4) is 0 Å². The van der Waals surface area contributed by atoms with Gasteiger partial charge in [0.25, 0.3) is 0 Å². The summed E-state index contributed by atoms with van der Waals surface area (Å²) in [7, 11) is 0. The topological polar surface area (TPSA) is 46.1 Å². The van der Waals surface area contributed by atoms with Gasteiger partial charge in [-0.1, -0.05) is 0 Å². The van der Waals surface area contributed by atoms with Gasteiger partial charge in [0.15, 0.2) is 0 Å². The minimum Gasteiger partial charge on any atom is -0.369 e. The number of nitrogens with zero attached hydrogens (tertiary/aromatic N) is 1. The van der Waals surface area contributed by atoms with Gasteiger partial charge < -0.3 is 5.73 Å². The van der Waals surface area contributed by atoms with Crippen LogP contribution in [-0.4, -0.2) is 29.9 Å². The Morgan fingerprint density at radius 1 is 1.56 bits per heavy atom. The first-order valence-electron chi connectivity index (χ1n) is 3.31. The number of hydrogen-bond acceptors (Lipinski definition) is 2. The molecule has 2 rings (SSSR count). The highest BCUT2D eigenvalue weighted by Crippen LogP contribution is 2.33. The molecule has 2 N–H and O–H groups in total. The molecule has 3 heteroatoms. The van der Waals surface area contributed by atoms with Gasteiger partial charge in [0, 0.05) is 19.1 Å². The predicted octanol–water partition coefficient (Wildman–Crippen LogP) is -0.824. The minimum atomic E-state index is -0.123. The second-order valence-electron chi connectivity index (χ2n) is 2.94. The summed E-state index contributed by atoms with van der Waals surface area (Å²) in [6.07, 6.45) is 1.01. The molecule has 0 bridgehead atoms.